The Morgan fingerprint density at radius 1 is 1.06 bits per heavy atom. The van der Waals surface area contributed by atoms with Crippen LogP contribution in [-0.2, 0) is 4.74 Å². The Labute approximate surface area is 192 Å². The summed E-state index contributed by atoms with van der Waals surface area (Å²) < 4.78 is 37.9. The van der Waals surface area contributed by atoms with E-state index in [1.165, 1.54) is 37.4 Å². The van der Waals surface area contributed by atoms with E-state index in [0.717, 1.165) is 44.8 Å². The molecule has 2 N–H and O–H groups in total. The predicted octanol–water partition coefficient (Wildman–Crippen LogP) is 4.07. The summed E-state index contributed by atoms with van der Waals surface area (Å²) in [7, 11) is 0. The Balaban J connectivity index is 1.26. The van der Waals surface area contributed by atoms with E-state index in [-0.39, 0.29) is 11.6 Å². The Bertz CT molecular complexity index is 991. The van der Waals surface area contributed by atoms with Gasteiger partial charge in [0.2, 0.25) is 0 Å². The van der Waals surface area contributed by atoms with Gasteiger partial charge in [0.15, 0.2) is 11.6 Å². The van der Waals surface area contributed by atoms with E-state index in [4.69, 9.17) is 15.6 Å². The van der Waals surface area contributed by atoms with Crippen molar-refractivity contribution in [3.8, 4) is 17.0 Å². The molecule has 0 spiro atoms. The van der Waals surface area contributed by atoms with E-state index in [2.05, 4.69) is 25.4 Å². The number of nitrogens with two attached hydrogens (primary N) is 1. The highest BCUT2D eigenvalue weighted by atomic mass is 19.3. The number of halogens is 2. The lowest BCUT2D eigenvalue weighted by atomic mass is 10.0. The molecular formula is C24H31F2N5O2. The molecule has 0 radical (unpaired) electrons. The quantitative estimate of drug-likeness (QED) is 0.702. The number of alkyl halides is 2. The molecule has 6 rings (SSSR count). The van der Waals surface area contributed by atoms with Crippen LogP contribution in [-0.4, -0.2) is 58.6 Å². The Kier molecular flexibility index (Phi) is 5.49. The number of hydrogen-bond acceptors (Lipinski definition) is 6. The Morgan fingerprint density at radius 3 is 2.48 bits per heavy atom. The number of aromatic nitrogens is 3. The minimum Gasteiger partial charge on any atom is -0.431 e. The fourth-order valence-electron chi connectivity index (χ4n) is 6.52. The fourth-order valence-corrected chi connectivity index (χ4v) is 6.52. The zero-order valence-corrected chi connectivity index (χ0v) is 18.7. The van der Waals surface area contributed by atoms with Crippen molar-refractivity contribution in [2.45, 2.75) is 63.1 Å². The lowest BCUT2D eigenvalue weighted by Gasteiger charge is -2.33. The first-order chi connectivity index (χ1) is 16.1. The number of anilines is 1. The van der Waals surface area contributed by atoms with Gasteiger partial charge in [0.25, 0.3) is 0 Å². The summed E-state index contributed by atoms with van der Waals surface area (Å²) in [4.78, 5) is 6.69. The molecular weight excluding hydrogens is 428 g/mol. The summed E-state index contributed by atoms with van der Waals surface area (Å²) in [6.07, 6.45) is 8.84. The van der Waals surface area contributed by atoms with Crippen molar-refractivity contribution in [1.82, 2.24) is 19.7 Å². The molecule has 0 bridgehead atoms. The van der Waals surface area contributed by atoms with E-state index in [1.54, 1.807) is 6.20 Å². The molecule has 9 heteroatoms. The maximum Gasteiger partial charge on any atom is 0.387 e. The zero-order valence-electron chi connectivity index (χ0n) is 18.7. The van der Waals surface area contributed by atoms with Crippen molar-refractivity contribution in [3.63, 3.8) is 0 Å². The van der Waals surface area contributed by atoms with E-state index in [1.807, 2.05) is 0 Å². The van der Waals surface area contributed by atoms with Crippen LogP contribution in [0.15, 0.2) is 18.3 Å². The van der Waals surface area contributed by atoms with Gasteiger partial charge in [0.05, 0.1) is 24.9 Å². The molecule has 2 aromatic rings. The van der Waals surface area contributed by atoms with Crippen LogP contribution in [0.3, 0.4) is 0 Å². The van der Waals surface area contributed by atoms with Crippen LogP contribution in [0, 0.1) is 11.8 Å². The highest BCUT2D eigenvalue weighted by Gasteiger charge is 2.58. The van der Waals surface area contributed by atoms with Gasteiger partial charge in [-0.25, -0.2) is 4.98 Å². The van der Waals surface area contributed by atoms with Gasteiger partial charge >= 0.3 is 6.61 Å². The molecule has 3 heterocycles. The molecule has 1 saturated heterocycles. The van der Waals surface area contributed by atoms with Crippen molar-refractivity contribution < 1.29 is 18.3 Å². The number of fused-ring (bicyclic) bond motifs is 1. The summed E-state index contributed by atoms with van der Waals surface area (Å²) in [5.41, 5.74) is 8.47. The highest BCUT2D eigenvalue weighted by molar-refractivity contribution is 5.64. The normalized spacial score (nSPS) is 30.2. The maximum absolute atomic E-state index is 12.8. The SMILES string of the molecule is Nc1ncc(-c2cc(C3C4CC(N5CCOCC5)CC43)n(C3CCCC3)n2)cc1OC(F)F. The van der Waals surface area contributed by atoms with Gasteiger partial charge in [-0.1, -0.05) is 12.8 Å². The summed E-state index contributed by atoms with van der Waals surface area (Å²) in [6.45, 7) is 0.846. The molecule has 3 saturated carbocycles. The van der Waals surface area contributed by atoms with E-state index in [0.29, 0.717) is 35.4 Å². The summed E-state index contributed by atoms with van der Waals surface area (Å²) in [6, 6.07) is 4.79. The van der Waals surface area contributed by atoms with Gasteiger partial charge in [-0.2, -0.15) is 13.9 Å². The summed E-state index contributed by atoms with van der Waals surface area (Å²) in [5.74, 6) is 1.83. The predicted molar refractivity (Wildman–Crippen MR) is 119 cm³/mol. The molecule has 178 valence electrons. The van der Waals surface area contributed by atoms with Gasteiger partial charge in [0.1, 0.15) is 0 Å². The molecule has 0 amide bonds. The third-order valence-corrected chi connectivity index (χ3v) is 8.15. The molecule has 0 aromatic carbocycles. The van der Waals surface area contributed by atoms with Crippen LogP contribution >= 0.6 is 0 Å². The number of hydrogen-bond donors (Lipinski definition) is 1. The first-order valence-corrected chi connectivity index (χ1v) is 12.2. The van der Waals surface area contributed by atoms with Crippen LogP contribution in [0.5, 0.6) is 5.75 Å². The van der Waals surface area contributed by atoms with E-state index in [9.17, 15) is 8.78 Å². The van der Waals surface area contributed by atoms with Crippen LogP contribution in [0.1, 0.15) is 56.2 Å². The van der Waals surface area contributed by atoms with E-state index >= 15 is 0 Å². The fraction of sp³-hybridized carbons (Fsp3) is 0.667. The van der Waals surface area contributed by atoms with Crippen LogP contribution in [0.2, 0.25) is 0 Å². The molecule has 2 unspecified atom stereocenters. The zero-order chi connectivity index (χ0) is 22.5. The van der Waals surface area contributed by atoms with E-state index < -0.39 is 6.61 Å². The average Bonchev–Trinajstić information content (AvgIpc) is 3.32. The molecule has 3 aliphatic carbocycles. The van der Waals surface area contributed by atoms with Gasteiger partial charge in [-0.3, -0.25) is 9.58 Å². The van der Waals surface area contributed by atoms with Gasteiger partial charge in [-0.05, 0) is 49.7 Å². The summed E-state index contributed by atoms with van der Waals surface area (Å²) >= 11 is 0. The van der Waals surface area contributed by atoms with Crippen molar-refractivity contribution in [2.24, 2.45) is 11.8 Å². The largest absolute Gasteiger partial charge is 0.431 e. The average molecular weight is 460 g/mol. The third kappa shape index (κ3) is 3.99. The second kappa shape index (κ2) is 8.51. The smallest absolute Gasteiger partial charge is 0.387 e. The van der Waals surface area contributed by atoms with Crippen molar-refractivity contribution >= 4 is 5.82 Å². The standard InChI is InChI=1S/C24H31F2N5O2/c25-24(26)33-21-9-14(13-28-23(21)27)19-12-20(31(29-19)15-3-1-2-4-15)22-17-10-16(11-18(17)22)30-5-7-32-8-6-30/h9,12-13,15-18,22,24H,1-8,10-11H2,(H2,27,28). The van der Waals surface area contributed by atoms with Gasteiger partial charge in [0, 0.05) is 42.5 Å². The molecule has 1 aliphatic heterocycles. The number of pyridine rings is 1. The van der Waals surface area contributed by atoms with Gasteiger partial charge in [-0.15, -0.1) is 0 Å². The highest BCUT2D eigenvalue weighted by Crippen LogP contribution is 2.64. The Morgan fingerprint density at radius 2 is 1.79 bits per heavy atom. The van der Waals surface area contributed by atoms with Crippen LogP contribution in [0.25, 0.3) is 11.3 Å². The monoisotopic (exact) mass is 459 g/mol. The van der Waals surface area contributed by atoms with Crippen molar-refractivity contribution in [3.05, 3.63) is 24.0 Å². The number of rotatable bonds is 6. The number of ether oxygens (including phenoxy) is 2. The number of nitrogens with zero attached hydrogens (tertiary/aromatic N) is 4. The molecule has 33 heavy (non-hydrogen) atoms. The molecule has 4 aliphatic rings. The lowest BCUT2D eigenvalue weighted by molar-refractivity contribution is -0.0494. The van der Waals surface area contributed by atoms with Crippen molar-refractivity contribution in [2.75, 3.05) is 32.0 Å². The third-order valence-electron chi connectivity index (χ3n) is 8.15. The first kappa shape index (κ1) is 21.3. The molecule has 2 atom stereocenters. The van der Waals surface area contributed by atoms with Crippen LogP contribution in [0.4, 0.5) is 14.6 Å². The van der Waals surface area contributed by atoms with Crippen LogP contribution < -0.4 is 10.5 Å². The van der Waals surface area contributed by atoms with Crippen molar-refractivity contribution in [1.29, 1.82) is 0 Å². The maximum atomic E-state index is 12.8. The number of morpholine rings is 1. The molecule has 2 aromatic heterocycles. The number of nitrogen functional groups attached to an aromatic ring is 1. The lowest BCUT2D eigenvalue weighted by Crippen LogP contribution is -2.43. The minimum atomic E-state index is -2.94. The second-order valence-corrected chi connectivity index (χ2v) is 9.95. The summed E-state index contributed by atoms with van der Waals surface area (Å²) in [5, 5.41) is 4.98. The Hall–Kier alpha value is -2.26. The van der Waals surface area contributed by atoms with Gasteiger partial charge < -0.3 is 15.2 Å². The minimum absolute atomic E-state index is 0.0413. The second-order valence-electron chi connectivity index (χ2n) is 9.95. The molecule has 7 nitrogen and oxygen atoms in total. The first-order valence-electron chi connectivity index (χ1n) is 12.2. The topological polar surface area (TPSA) is 78.4 Å². The molecule has 4 fully saturated rings.